The molecule has 112 valence electrons. The van der Waals surface area contributed by atoms with Gasteiger partial charge in [0.2, 0.25) is 10.0 Å². The van der Waals surface area contributed by atoms with Crippen molar-refractivity contribution in [3.8, 4) is 0 Å². The number of nitrogens with one attached hydrogen (secondary N) is 2. The Labute approximate surface area is 130 Å². The van der Waals surface area contributed by atoms with E-state index in [0.717, 1.165) is 5.69 Å². The molecule has 2 rings (SSSR count). The van der Waals surface area contributed by atoms with Gasteiger partial charge in [0, 0.05) is 16.9 Å². The lowest BCUT2D eigenvalue weighted by Gasteiger charge is -2.10. The Morgan fingerprint density at radius 3 is 2.62 bits per heavy atom. The molecule has 4 N–H and O–H groups in total. The summed E-state index contributed by atoms with van der Waals surface area (Å²) in [5.74, 6) is 5.34. The van der Waals surface area contributed by atoms with Crippen LogP contribution >= 0.6 is 15.9 Å². The second kappa shape index (κ2) is 6.43. The maximum atomic E-state index is 12.3. The van der Waals surface area contributed by atoms with Gasteiger partial charge in [-0.25, -0.2) is 24.0 Å². The van der Waals surface area contributed by atoms with Crippen molar-refractivity contribution in [3.63, 3.8) is 0 Å². The average Bonchev–Trinajstić information content (AvgIpc) is 2.47. The lowest BCUT2D eigenvalue weighted by Crippen LogP contribution is -2.26. The highest BCUT2D eigenvalue weighted by Gasteiger charge is 2.20. The minimum atomic E-state index is -3.79. The number of aromatic nitrogens is 3. The van der Waals surface area contributed by atoms with Gasteiger partial charge in [0.15, 0.2) is 5.82 Å². The molecule has 0 aromatic carbocycles. The maximum absolute atomic E-state index is 12.3. The average molecular weight is 373 g/mol. The van der Waals surface area contributed by atoms with Gasteiger partial charge in [-0.1, -0.05) is 0 Å². The smallest absolute Gasteiger partial charge is 0.244 e. The summed E-state index contributed by atoms with van der Waals surface area (Å²) in [6.45, 7) is 1.82. The quantitative estimate of drug-likeness (QED) is 0.521. The Bertz CT molecular complexity index is 735. The molecule has 0 fully saturated rings. The van der Waals surface area contributed by atoms with Gasteiger partial charge in [0.25, 0.3) is 0 Å². The lowest BCUT2D eigenvalue weighted by atomic mass is 10.4. The molecule has 0 unspecified atom stereocenters. The van der Waals surface area contributed by atoms with Crippen LogP contribution in [-0.2, 0) is 16.6 Å². The number of anilines is 1. The first-order valence-corrected chi connectivity index (χ1v) is 8.09. The zero-order valence-electron chi connectivity index (χ0n) is 11.0. The van der Waals surface area contributed by atoms with Crippen molar-refractivity contribution in [2.24, 2.45) is 5.84 Å². The first kappa shape index (κ1) is 15.8. The fourth-order valence-corrected chi connectivity index (χ4v) is 3.12. The third-order valence-electron chi connectivity index (χ3n) is 2.52. The summed E-state index contributed by atoms with van der Waals surface area (Å²) >= 11 is 3.18. The summed E-state index contributed by atoms with van der Waals surface area (Å²) in [6.07, 6.45) is 4.52. The Balaban J connectivity index is 2.22. The van der Waals surface area contributed by atoms with Crippen LogP contribution in [0.25, 0.3) is 0 Å². The van der Waals surface area contributed by atoms with Gasteiger partial charge in [0.05, 0.1) is 24.1 Å². The van der Waals surface area contributed by atoms with Gasteiger partial charge in [0.1, 0.15) is 4.90 Å². The molecule has 2 heterocycles. The number of hydrazine groups is 1. The van der Waals surface area contributed by atoms with E-state index in [4.69, 9.17) is 5.84 Å². The van der Waals surface area contributed by atoms with E-state index in [1.807, 2.05) is 0 Å². The van der Waals surface area contributed by atoms with E-state index in [9.17, 15) is 8.42 Å². The van der Waals surface area contributed by atoms with E-state index >= 15 is 0 Å². The van der Waals surface area contributed by atoms with Crippen LogP contribution in [0.2, 0.25) is 0 Å². The molecule has 0 saturated carbocycles. The minimum Gasteiger partial charge on any atom is -0.307 e. The van der Waals surface area contributed by atoms with Crippen LogP contribution in [0, 0.1) is 6.92 Å². The van der Waals surface area contributed by atoms with Crippen LogP contribution in [0.1, 0.15) is 11.4 Å². The van der Waals surface area contributed by atoms with Crippen LogP contribution in [0.5, 0.6) is 0 Å². The van der Waals surface area contributed by atoms with Crippen molar-refractivity contribution < 1.29 is 8.42 Å². The lowest BCUT2D eigenvalue weighted by molar-refractivity contribution is 0.580. The predicted octanol–water partition coefficient (Wildman–Crippen LogP) is 0.707. The first-order chi connectivity index (χ1) is 9.92. The van der Waals surface area contributed by atoms with Gasteiger partial charge >= 0.3 is 0 Å². The van der Waals surface area contributed by atoms with Gasteiger partial charge < -0.3 is 5.43 Å². The van der Waals surface area contributed by atoms with Crippen molar-refractivity contribution in [1.29, 1.82) is 0 Å². The number of aryl methyl sites for hydroxylation is 1. The molecule has 21 heavy (non-hydrogen) atoms. The molecule has 0 radical (unpaired) electrons. The normalized spacial score (nSPS) is 11.4. The number of nitrogens with two attached hydrogens (primary N) is 1. The first-order valence-electron chi connectivity index (χ1n) is 5.82. The van der Waals surface area contributed by atoms with E-state index in [-0.39, 0.29) is 17.3 Å². The van der Waals surface area contributed by atoms with Crippen molar-refractivity contribution in [2.45, 2.75) is 18.4 Å². The Morgan fingerprint density at radius 2 is 2.00 bits per heavy atom. The number of hydrogen-bond donors (Lipinski definition) is 3. The molecule has 0 atom stereocenters. The molecular weight excluding hydrogens is 360 g/mol. The van der Waals surface area contributed by atoms with Crippen molar-refractivity contribution in [2.75, 3.05) is 5.43 Å². The van der Waals surface area contributed by atoms with E-state index in [1.54, 1.807) is 13.1 Å². The second-order valence-corrected chi connectivity index (χ2v) is 6.77. The summed E-state index contributed by atoms with van der Waals surface area (Å²) < 4.78 is 27.5. The van der Waals surface area contributed by atoms with Gasteiger partial charge in [-0.2, -0.15) is 0 Å². The number of pyridine rings is 1. The Kier molecular flexibility index (Phi) is 4.83. The molecule has 0 aliphatic carbocycles. The van der Waals surface area contributed by atoms with Crippen LogP contribution < -0.4 is 16.0 Å². The van der Waals surface area contributed by atoms with E-state index in [0.29, 0.717) is 10.2 Å². The fourth-order valence-electron chi connectivity index (χ4n) is 1.49. The minimum absolute atomic E-state index is 0.0200. The van der Waals surface area contributed by atoms with Gasteiger partial charge in [-0.15, -0.1) is 0 Å². The van der Waals surface area contributed by atoms with Gasteiger partial charge in [-0.05, 0) is 28.9 Å². The van der Waals surface area contributed by atoms with E-state index in [2.05, 4.69) is 41.0 Å². The molecule has 0 aliphatic rings. The highest BCUT2D eigenvalue weighted by Crippen LogP contribution is 2.22. The molecule has 0 amide bonds. The fraction of sp³-hybridized carbons (Fsp3) is 0.182. The van der Waals surface area contributed by atoms with Crippen LogP contribution in [-0.4, -0.2) is 23.4 Å². The number of hydrogen-bond acceptors (Lipinski definition) is 7. The zero-order valence-corrected chi connectivity index (χ0v) is 13.4. The highest BCUT2D eigenvalue weighted by atomic mass is 79.9. The Hall–Kier alpha value is -1.62. The molecular formula is C11H13BrN6O2S. The SMILES string of the molecule is Cc1cnc(CNS(=O)(=O)c2cc(Br)cnc2NN)cn1. The van der Waals surface area contributed by atoms with E-state index < -0.39 is 10.0 Å². The standard InChI is InChI=1S/C11H13BrN6O2S/c1-7-3-15-9(5-14-7)6-17-21(19,20)10-2-8(12)4-16-11(10)18-13/h2-5,17H,6,13H2,1H3,(H,16,18). The molecule has 10 heteroatoms. The largest absolute Gasteiger partial charge is 0.307 e. The summed E-state index contributed by atoms with van der Waals surface area (Å²) in [5.41, 5.74) is 3.52. The van der Waals surface area contributed by atoms with Crippen molar-refractivity contribution in [3.05, 3.63) is 40.5 Å². The summed E-state index contributed by atoms with van der Waals surface area (Å²) in [4.78, 5) is 12.0. The maximum Gasteiger partial charge on any atom is 0.244 e. The summed E-state index contributed by atoms with van der Waals surface area (Å²) in [7, 11) is -3.79. The number of nitrogen functional groups attached to an aromatic ring is 1. The third-order valence-corrected chi connectivity index (χ3v) is 4.37. The number of halogens is 1. The number of nitrogens with zero attached hydrogens (tertiary/aromatic N) is 3. The van der Waals surface area contributed by atoms with Gasteiger partial charge in [-0.3, -0.25) is 9.97 Å². The Morgan fingerprint density at radius 1 is 1.24 bits per heavy atom. The zero-order chi connectivity index (χ0) is 15.5. The van der Waals surface area contributed by atoms with Crippen LogP contribution in [0.4, 0.5) is 5.82 Å². The molecule has 8 nitrogen and oxygen atoms in total. The molecule has 0 spiro atoms. The summed E-state index contributed by atoms with van der Waals surface area (Å²) in [5, 5.41) is 0. The monoisotopic (exact) mass is 372 g/mol. The second-order valence-electron chi connectivity index (χ2n) is 4.12. The van der Waals surface area contributed by atoms with Crippen molar-refractivity contribution in [1.82, 2.24) is 19.7 Å². The molecule has 0 bridgehead atoms. The number of rotatable bonds is 5. The summed E-state index contributed by atoms with van der Waals surface area (Å²) in [6, 6.07) is 1.41. The van der Waals surface area contributed by atoms with E-state index in [1.165, 1.54) is 18.5 Å². The molecule has 0 aliphatic heterocycles. The highest BCUT2D eigenvalue weighted by molar-refractivity contribution is 9.10. The molecule has 0 saturated heterocycles. The van der Waals surface area contributed by atoms with Crippen LogP contribution in [0.15, 0.2) is 34.0 Å². The number of sulfonamides is 1. The molecule has 2 aromatic heterocycles. The third kappa shape index (κ3) is 3.94. The van der Waals surface area contributed by atoms with Crippen molar-refractivity contribution >= 4 is 31.8 Å². The predicted molar refractivity (Wildman–Crippen MR) is 80.5 cm³/mol. The van der Waals surface area contributed by atoms with Crippen LogP contribution in [0.3, 0.4) is 0 Å². The topological polar surface area (TPSA) is 123 Å². The molecule has 2 aromatic rings.